The van der Waals surface area contributed by atoms with Crippen molar-refractivity contribution in [3.8, 4) is 0 Å². The minimum Gasteiger partial charge on any atom is -0.462 e. The number of carbonyl (C=O) groups is 1. The summed E-state index contributed by atoms with van der Waals surface area (Å²) in [5.74, 6) is -0.303. The Morgan fingerprint density at radius 3 is 3.00 bits per heavy atom. The summed E-state index contributed by atoms with van der Waals surface area (Å²) in [4.78, 5) is 15.8. The molecule has 19 heavy (non-hydrogen) atoms. The lowest BCUT2D eigenvalue weighted by atomic mass is 10.1. The lowest BCUT2D eigenvalue weighted by molar-refractivity contribution is 0.0495. The zero-order valence-electron chi connectivity index (χ0n) is 10.9. The minimum atomic E-state index is -0.303. The van der Waals surface area contributed by atoms with Gasteiger partial charge in [-0.2, -0.15) is 0 Å². The van der Waals surface area contributed by atoms with E-state index in [1.807, 2.05) is 17.7 Å². The first-order chi connectivity index (χ1) is 9.16. The van der Waals surface area contributed by atoms with E-state index in [2.05, 4.69) is 4.98 Å². The van der Waals surface area contributed by atoms with Crippen molar-refractivity contribution >= 4 is 11.7 Å². The summed E-state index contributed by atoms with van der Waals surface area (Å²) in [5.41, 5.74) is 7.69. The van der Waals surface area contributed by atoms with E-state index in [1.54, 1.807) is 30.7 Å². The quantitative estimate of drug-likeness (QED) is 0.506. The Labute approximate surface area is 112 Å². The van der Waals surface area contributed by atoms with E-state index in [1.165, 1.54) is 0 Å². The Balaban J connectivity index is 1.81. The molecule has 1 heterocycles. The number of benzene rings is 1. The molecular formula is C14H17N3O2. The molecule has 0 aliphatic carbocycles. The molecule has 100 valence electrons. The predicted molar refractivity (Wildman–Crippen MR) is 72.7 cm³/mol. The van der Waals surface area contributed by atoms with Crippen molar-refractivity contribution in [2.75, 3.05) is 12.3 Å². The van der Waals surface area contributed by atoms with Crippen molar-refractivity contribution in [3.05, 3.63) is 48.0 Å². The van der Waals surface area contributed by atoms with Crippen LogP contribution in [0.25, 0.3) is 0 Å². The minimum absolute atomic E-state index is 0.303. The van der Waals surface area contributed by atoms with Gasteiger partial charge in [-0.25, -0.2) is 9.78 Å². The van der Waals surface area contributed by atoms with Crippen molar-refractivity contribution in [2.45, 2.75) is 19.9 Å². The Morgan fingerprint density at radius 2 is 2.32 bits per heavy atom. The summed E-state index contributed by atoms with van der Waals surface area (Å²) in [5, 5.41) is 0. The third-order valence-electron chi connectivity index (χ3n) is 2.82. The molecule has 5 heteroatoms. The van der Waals surface area contributed by atoms with Gasteiger partial charge in [-0.15, -0.1) is 0 Å². The van der Waals surface area contributed by atoms with Gasteiger partial charge in [0.1, 0.15) is 0 Å². The first kappa shape index (κ1) is 13.1. The van der Waals surface area contributed by atoms with Crippen LogP contribution in [-0.4, -0.2) is 22.1 Å². The molecule has 0 fully saturated rings. The number of aromatic nitrogens is 2. The predicted octanol–water partition coefficient (Wildman–Crippen LogP) is 2.02. The third-order valence-corrected chi connectivity index (χ3v) is 2.82. The Hall–Kier alpha value is -2.30. The zero-order valence-corrected chi connectivity index (χ0v) is 10.9. The largest absolute Gasteiger partial charge is 0.462 e. The van der Waals surface area contributed by atoms with Gasteiger partial charge in [0.15, 0.2) is 0 Å². The van der Waals surface area contributed by atoms with E-state index in [0.717, 1.165) is 18.5 Å². The topological polar surface area (TPSA) is 70.1 Å². The van der Waals surface area contributed by atoms with Crippen molar-refractivity contribution in [2.24, 2.45) is 0 Å². The molecule has 0 aliphatic rings. The first-order valence-electron chi connectivity index (χ1n) is 6.16. The van der Waals surface area contributed by atoms with Gasteiger partial charge in [-0.1, -0.05) is 0 Å². The molecule has 2 N–H and O–H groups in total. The molecule has 0 spiro atoms. The highest BCUT2D eigenvalue weighted by molar-refractivity contribution is 5.91. The van der Waals surface area contributed by atoms with Crippen molar-refractivity contribution < 1.29 is 9.53 Å². The van der Waals surface area contributed by atoms with Gasteiger partial charge in [0.2, 0.25) is 0 Å². The van der Waals surface area contributed by atoms with Crippen LogP contribution in [0.3, 0.4) is 0 Å². The molecule has 0 unspecified atom stereocenters. The fraction of sp³-hybridized carbons (Fsp3) is 0.286. The molecule has 0 aliphatic heterocycles. The highest BCUT2D eigenvalue weighted by Crippen LogP contribution is 2.13. The molecule has 0 saturated carbocycles. The average molecular weight is 259 g/mol. The molecule has 1 aromatic heterocycles. The number of rotatable bonds is 5. The summed E-state index contributed by atoms with van der Waals surface area (Å²) in [6.45, 7) is 3.02. The number of nitrogen functional groups attached to an aromatic ring is 1. The van der Waals surface area contributed by atoms with E-state index >= 15 is 0 Å². The number of anilines is 1. The van der Waals surface area contributed by atoms with Crippen LogP contribution in [0, 0.1) is 6.92 Å². The van der Waals surface area contributed by atoms with Gasteiger partial charge in [-0.3, -0.25) is 0 Å². The molecule has 0 amide bonds. The average Bonchev–Trinajstić information content (AvgIpc) is 2.87. The van der Waals surface area contributed by atoms with E-state index in [4.69, 9.17) is 10.5 Å². The zero-order chi connectivity index (χ0) is 13.7. The number of hydrogen-bond acceptors (Lipinski definition) is 4. The van der Waals surface area contributed by atoms with Gasteiger partial charge in [0, 0.05) is 24.6 Å². The normalized spacial score (nSPS) is 10.4. The lowest BCUT2D eigenvalue weighted by Gasteiger charge is -2.08. The van der Waals surface area contributed by atoms with E-state index < -0.39 is 0 Å². The third kappa shape index (κ3) is 3.58. The van der Waals surface area contributed by atoms with Crippen LogP contribution in [0.4, 0.5) is 5.69 Å². The second-order valence-electron chi connectivity index (χ2n) is 4.36. The number of imidazole rings is 1. The second-order valence-corrected chi connectivity index (χ2v) is 4.36. The molecular weight excluding hydrogens is 242 g/mol. The number of hydrogen-bond donors (Lipinski definition) is 1. The molecule has 5 nitrogen and oxygen atoms in total. The van der Waals surface area contributed by atoms with Crippen LogP contribution in [-0.2, 0) is 11.3 Å². The van der Waals surface area contributed by atoms with Crippen LogP contribution in [0.2, 0.25) is 0 Å². The molecule has 0 atom stereocenters. The molecule has 2 rings (SSSR count). The van der Waals surface area contributed by atoms with Gasteiger partial charge in [-0.05, 0) is 37.1 Å². The van der Waals surface area contributed by atoms with Gasteiger partial charge < -0.3 is 15.0 Å². The smallest absolute Gasteiger partial charge is 0.338 e. The van der Waals surface area contributed by atoms with Gasteiger partial charge in [0.25, 0.3) is 0 Å². The summed E-state index contributed by atoms with van der Waals surface area (Å²) in [6, 6.07) is 5.17. The maximum atomic E-state index is 11.9. The summed E-state index contributed by atoms with van der Waals surface area (Å²) in [7, 11) is 0. The van der Waals surface area contributed by atoms with Crippen LogP contribution < -0.4 is 5.73 Å². The van der Waals surface area contributed by atoms with Crippen molar-refractivity contribution in [3.63, 3.8) is 0 Å². The fourth-order valence-corrected chi connectivity index (χ4v) is 1.82. The van der Waals surface area contributed by atoms with Crippen LogP contribution in [0.1, 0.15) is 22.3 Å². The number of carbonyl (C=O) groups excluding carboxylic acids is 1. The van der Waals surface area contributed by atoms with E-state index in [0.29, 0.717) is 17.9 Å². The van der Waals surface area contributed by atoms with Gasteiger partial charge in [0.05, 0.1) is 18.5 Å². The second kappa shape index (κ2) is 6.04. The summed E-state index contributed by atoms with van der Waals surface area (Å²) >= 11 is 0. The van der Waals surface area contributed by atoms with E-state index in [-0.39, 0.29) is 5.97 Å². The lowest BCUT2D eigenvalue weighted by Crippen LogP contribution is -2.10. The van der Waals surface area contributed by atoms with Crippen LogP contribution in [0.15, 0.2) is 36.9 Å². The maximum absolute atomic E-state index is 11.9. The number of esters is 1. The Bertz CT molecular complexity index is 550. The van der Waals surface area contributed by atoms with E-state index in [9.17, 15) is 4.79 Å². The first-order valence-corrected chi connectivity index (χ1v) is 6.16. The Kier molecular flexibility index (Phi) is 4.18. The van der Waals surface area contributed by atoms with Crippen LogP contribution in [0.5, 0.6) is 0 Å². The molecule has 0 saturated heterocycles. The molecule has 0 radical (unpaired) electrons. The molecule has 2 aromatic rings. The molecule has 0 bridgehead atoms. The number of nitrogens with two attached hydrogens (primary N) is 1. The standard InChI is InChI=1S/C14H17N3O2/c1-11-9-12(15)3-4-13(11)14(18)19-8-2-6-17-7-5-16-10-17/h3-5,7,9-10H,2,6,8,15H2,1H3. The fourth-order valence-electron chi connectivity index (χ4n) is 1.82. The van der Waals surface area contributed by atoms with Crippen LogP contribution >= 0.6 is 0 Å². The van der Waals surface area contributed by atoms with Crippen molar-refractivity contribution in [1.82, 2.24) is 9.55 Å². The number of ether oxygens (including phenoxy) is 1. The number of nitrogens with zero attached hydrogens (tertiary/aromatic N) is 2. The monoisotopic (exact) mass is 259 g/mol. The summed E-state index contributed by atoms with van der Waals surface area (Å²) < 4.78 is 7.18. The number of aryl methyl sites for hydroxylation is 2. The highest BCUT2D eigenvalue weighted by atomic mass is 16.5. The molecule has 1 aromatic carbocycles. The highest BCUT2D eigenvalue weighted by Gasteiger charge is 2.10. The van der Waals surface area contributed by atoms with Crippen molar-refractivity contribution in [1.29, 1.82) is 0 Å². The SMILES string of the molecule is Cc1cc(N)ccc1C(=O)OCCCn1ccnc1. The Morgan fingerprint density at radius 1 is 1.47 bits per heavy atom. The van der Waals surface area contributed by atoms with Gasteiger partial charge >= 0.3 is 5.97 Å². The maximum Gasteiger partial charge on any atom is 0.338 e. The summed E-state index contributed by atoms with van der Waals surface area (Å²) in [6.07, 6.45) is 6.11.